The Morgan fingerprint density at radius 3 is 2.45 bits per heavy atom. The Labute approximate surface area is 122 Å². The largest absolute Gasteiger partial charge is 0.481 e. The van der Waals surface area contributed by atoms with Gasteiger partial charge >= 0.3 is 12.0 Å². The first kappa shape index (κ1) is 15.4. The van der Waals surface area contributed by atoms with Crippen LogP contribution in [-0.2, 0) is 14.6 Å². The molecule has 2 heterocycles. The molecule has 2 aliphatic rings. The number of sulfone groups is 1. The van der Waals surface area contributed by atoms with E-state index in [-0.39, 0.29) is 30.5 Å². The van der Waals surface area contributed by atoms with E-state index < -0.39 is 21.8 Å². The standard InChI is InChI=1S/C11H18N2O5S2/c14-10(15)7-9-8-20(17,18)6-3-13(9)11(16)12-1-4-19-5-2-12/h9H,1-8H2,(H,14,15). The highest BCUT2D eigenvalue weighted by Gasteiger charge is 2.37. The molecule has 0 aromatic heterocycles. The van der Waals surface area contributed by atoms with Crippen molar-refractivity contribution >= 4 is 33.6 Å². The van der Waals surface area contributed by atoms with Crippen LogP contribution in [-0.4, -0.2) is 84.0 Å². The summed E-state index contributed by atoms with van der Waals surface area (Å²) in [6, 6.07) is -0.986. The number of nitrogens with zero attached hydrogens (tertiary/aromatic N) is 2. The highest BCUT2D eigenvalue weighted by Crippen LogP contribution is 2.19. The predicted octanol–water partition coefficient (Wildman–Crippen LogP) is -0.271. The van der Waals surface area contributed by atoms with Gasteiger partial charge in [0.2, 0.25) is 0 Å². The normalized spacial score (nSPS) is 26.3. The number of rotatable bonds is 2. The second kappa shape index (κ2) is 6.21. The van der Waals surface area contributed by atoms with Gasteiger partial charge < -0.3 is 14.9 Å². The molecule has 2 fully saturated rings. The number of thioether (sulfide) groups is 1. The number of carbonyl (C=O) groups is 2. The molecule has 0 radical (unpaired) electrons. The van der Waals surface area contributed by atoms with Crippen LogP contribution in [0.5, 0.6) is 0 Å². The van der Waals surface area contributed by atoms with Gasteiger partial charge in [0.1, 0.15) is 0 Å². The van der Waals surface area contributed by atoms with Gasteiger partial charge in [0.25, 0.3) is 0 Å². The topological polar surface area (TPSA) is 95.0 Å². The SMILES string of the molecule is O=C(O)CC1CS(=O)(=O)CCN1C(=O)N1CCSCC1. The van der Waals surface area contributed by atoms with Crippen molar-refractivity contribution in [3.8, 4) is 0 Å². The molecule has 0 aromatic rings. The van der Waals surface area contributed by atoms with Gasteiger partial charge in [-0.1, -0.05) is 0 Å². The number of aliphatic carboxylic acids is 1. The van der Waals surface area contributed by atoms with Gasteiger partial charge in [-0.25, -0.2) is 13.2 Å². The number of amides is 2. The summed E-state index contributed by atoms with van der Waals surface area (Å²) in [6.45, 7) is 1.35. The van der Waals surface area contributed by atoms with Crippen LogP contribution in [0.15, 0.2) is 0 Å². The van der Waals surface area contributed by atoms with E-state index in [1.54, 1.807) is 16.7 Å². The summed E-state index contributed by atoms with van der Waals surface area (Å²) in [4.78, 5) is 26.4. The van der Waals surface area contributed by atoms with Crippen molar-refractivity contribution in [1.29, 1.82) is 0 Å². The summed E-state index contributed by atoms with van der Waals surface area (Å²) in [7, 11) is -3.25. The second-order valence-electron chi connectivity index (χ2n) is 4.94. The Morgan fingerprint density at radius 2 is 1.85 bits per heavy atom. The molecule has 2 rings (SSSR count). The number of hydrogen-bond acceptors (Lipinski definition) is 5. The van der Waals surface area contributed by atoms with Crippen molar-refractivity contribution in [2.24, 2.45) is 0 Å². The van der Waals surface area contributed by atoms with Crippen LogP contribution in [0.3, 0.4) is 0 Å². The fraction of sp³-hybridized carbons (Fsp3) is 0.818. The Morgan fingerprint density at radius 1 is 1.20 bits per heavy atom. The van der Waals surface area contributed by atoms with Crippen molar-refractivity contribution in [2.45, 2.75) is 12.5 Å². The molecule has 114 valence electrons. The number of hydrogen-bond donors (Lipinski definition) is 1. The molecule has 20 heavy (non-hydrogen) atoms. The molecule has 9 heteroatoms. The maximum absolute atomic E-state index is 12.4. The van der Waals surface area contributed by atoms with Gasteiger partial charge in [0.05, 0.1) is 24.0 Å². The molecule has 1 N–H and O–H groups in total. The Hall–Kier alpha value is -0.960. The molecular formula is C11H18N2O5S2. The van der Waals surface area contributed by atoms with E-state index in [1.807, 2.05) is 0 Å². The maximum Gasteiger partial charge on any atom is 0.320 e. The first-order valence-corrected chi connectivity index (χ1v) is 9.42. The summed E-state index contributed by atoms with van der Waals surface area (Å²) in [5, 5.41) is 8.90. The molecule has 0 bridgehead atoms. The highest BCUT2D eigenvalue weighted by atomic mass is 32.2. The van der Waals surface area contributed by atoms with E-state index in [4.69, 9.17) is 5.11 Å². The zero-order chi connectivity index (χ0) is 14.8. The number of carbonyl (C=O) groups excluding carboxylic acids is 1. The van der Waals surface area contributed by atoms with Crippen molar-refractivity contribution in [3.05, 3.63) is 0 Å². The summed E-state index contributed by atoms with van der Waals surface area (Å²) in [5.41, 5.74) is 0. The average molecular weight is 322 g/mol. The number of urea groups is 1. The van der Waals surface area contributed by atoms with Gasteiger partial charge in [0.15, 0.2) is 9.84 Å². The molecule has 2 amide bonds. The van der Waals surface area contributed by atoms with E-state index in [2.05, 4.69) is 0 Å². The van der Waals surface area contributed by atoms with E-state index in [1.165, 1.54) is 4.90 Å². The van der Waals surface area contributed by atoms with Crippen molar-refractivity contribution in [2.75, 3.05) is 42.6 Å². The van der Waals surface area contributed by atoms with Crippen LogP contribution < -0.4 is 0 Å². The van der Waals surface area contributed by atoms with Crippen molar-refractivity contribution in [1.82, 2.24) is 9.80 Å². The fourth-order valence-corrected chi connectivity index (χ4v) is 4.87. The first-order chi connectivity index (χ1) is 9.39. The highest BCUT2D eigenvalue weighted by molar-refractivity contribution is 7.99. The van der Waals surface area contributed by atoms with Gasteiger partial charge in [-0.3, -0.25) is 4.79 Å². The zero-order valence-corrected chi connectivity index (χ0v) is 12.7. The smallest absolute Gasteiger partial charge is 0.320 e. The van der Waals surface area contributed by atoms with Crippen LogP contribution >= 0.6 is 11.8 Å². The predicted molar refractivity (Wildman–Crippen MR) is 75.7 cm³/mol. The lowest BCUT2D eigenvalue weighted by atomic mass is 10.2. The van der Waals surface area contributed by atoms with Gasteiger partial charge in [-0.05, 0) is 0 Å². The van der Waals surface area contributed by atoms with Crippen LogP contribution in [0.1, 0.15) is 6.42 Å². The molecule has 7 nitrogen and oxygen atoms in total. The summed E-state index contributed by atoms with van der Waals surface area (Å²) >= 11 is 1.77. The maximum atomic E-state index is 12.4. The third-order valence-electron chi connectivity index (χ3n) is 3.47. The van der Waals surface area contributed by atoms with E-state index in [9.17, 15) is 18.0 Å². The molecule has 2 aliphatic heterocycles. The third kappa shape index (κ3) is 3.78. The second-order valence-corrected chi connectivity index (χ2v) is 8.39. The van der Waals surface area contributed by atoms with Crippen LogP contribution in [0.25, 0.3) is 0 Å². The summed E-state index contributed by atoms with van der Waals surface area (Å²) < 4.78 is 23.3. The molecule has 0 saturated carbocycles. The Bertz CT molecular complexity index is 487. The van der Waals surface area contributed by atoms with Crippen molar-refractivity contribution < 1.29 is 23.1 Å². The van der Waals surface area contributed by atoms with Crippen LogP contribution in [0.2, 0.25) is 0 Å². The third-order valence-corrected chi connectivity index (χ3v) is 6.11. The minimum atomic E-state index is -3.25. The van der Waals surface area contributed by atoms with Gasteiger partial charge in [-0.15, -0.1) is 0 Å². The molecule has 0 aromatic carbocycles. The molecule has 0 spiro atoms. The van der Waals surface area contributed by atoms with Crippen molar-refractivity contribution in [3.63, 3.8) is 0 Å². The lowest BCUT2D eigenvalue weighted by molar-refractivity contribution is -0.138. The van der Waals surface area contributed by atoms with Crippen LogP contribution in [0.4, 0.5) is 4.79 Å². The zero-order valence-electron chi connectivity index (χ0n) is 11.0. The molecule has 2 saturated heterocycles. The van der Waals surface area contributed by atoms with Gasteiger partial charge in [0, 0.05) is 31.1 Å². The number of carboxylic acids is 1. The first-order valence-electron chi connectivity index (χ1n) is 6.44. The number of carboxylic acid groups (broad SMARTS) is 1. The lowest BCUT2D eigenvalue weighted by Gasteiger charge is -2.39. The molecule has 1 unspecified atom stereocenters. The van der Waals surface area contributed by atoms with E-state index >= 15 is 0 Å². The van der Waals surface area contributed by atoms with Gasteiger partial charge in [-0.2, -0.15) is 11.8 Å². The monoisotopic (exact) mass is 322 g/mol. The molecule has 0 aliphatic carbocycles. The quantitative estimate of drug-likeness (QED) is 0.752. The van der Waals surface area contributed by atoms with E-state index in [0.29, 0.717) is 13.1 Å². The minimum absolute atomic E-state index is 0.0859. The molecule has 1 atom stereocenters. The van der Waals surface area contributed by atoms with E-state index in [0.717, 1.165) is 11.5 Å². The summed E-state index contributed by atoms with van der Waals surface area (Å²) in [5.74, 6) is 0.299. The minimum Gasteiger partial charge on any atom is -0.481 e. The Kier molecular flexibility index (Phi) is 4.79. The fourth-order valence-electron chi connectivity index (χ4n) is 2.45. The lowest BCUT2D eigenvalue weighted by Crippen LogP contribution is -2.57. The van der Waals surface area contributed by atoms with Crippen LogP contribution in [0, 0.1) is 0 Å². The summed E-state index contributed by atoms with van der Waals surface area (Å²) in [6.07, 6.45) is -0.326. The average Bonchev–Trinajstić information content (AvgIpc) is 2.37. The molecular weight excluding hydrogens is 304 g/mol. The Balaban J connectivity index is 2.10.